The van der Waals surface area contributed by atoms with Crippen molar-refractivity contribution in [1.82, 2.24) is 4.90 Å². The molecule has 0 radical (unpaired) electrons. The molecule has 1 saturated carbocycles. The summed E-state index contributed by atoms with van der Waals surface area (Å²) >= 11 is 0. The predicted molar refractivity (Wildman–Crippen MR) is 115 cm³/mol. The van der Waals surface area contributed by atoms with Crippen molar-refractivity contribution in [2.75, 3.05) is 51.3 Å². The Morgan fingerprint density at radius 1 is 1.04 bits per heavy atom. The Morgan fingerprint density at radius 3 is 2.37 bits per heavy atom. The Balaban J connectivity index is 0.00000182. The second kappa shape index (κ2) is 12.7. The highest BCUT2D eigenvalue weighted by Gasteiger charge is 2.22. The molecule has 3 rings (SSSR count). The van der Waals surface area contributed by atoms with Crippen LogP contribution in [-0.4, -0.2) is 68.7 Å². The zero-order valence-electron chi connectivity index (χ0n) is 16.2. The van der Waals surface area contributed by atoms with Crippen LogP contribution in [0.1, 0.15) is 32.1 Å². The lowest BCUT2D eigenvalue weighted by Gasteiger charge is -2.37. The number of anilines is 1. The number of ether oxygens (including phenoxy) is 2. The van der Waals surface area contributed by atoms with Gasteiger partial charge in [-0.1, -0.05) is 31.4 Å². The van der Waals surface area contributed by atoms with Crippen LogP contribution in [0.15, 0.2) is 24.3 Å². The average molecular weight is 421 g/mol. The zero-order chi connectivity index (χ0) is 17.5. The van der Waals surface area contributed by atoms with Gasteiger partial charge in [-0.2, -0.15) is 0 Å². The molecular weight excluding hydrogens is 387 g/mol. The van der Waals surface area contributed by atoms with E-state index in [1.165, 1.54) is 19.3 Å². The SMILES string of the molecule is COc1ccccc1N1CCN(CC(O)COC2CCCCC2)CC1.Cl.Cl. The minimum absolute atomic E-state index is 0. The number of benzene rings is 1. The molecule has 27 heavy (non-hydrogen) atoms. The summed E-state index contributed by atoms with van der Waals surface area (Å²) in [5.74, 6) is 0.928. The Hall–Kier alpha value is -0.720. The van der Waals surface area contributed by atoms with Gasteiger partial charge in [-0.25, -0.2) is 0 Å². The van der Waals surface area contributed by atoms with Crippen molar-refractivity contribution in [3.63, 3.8) is 0 Å². The van der Waals surface area contributed by atoms with Crippen molar-refractivity contribution in [1.29, 1.82) is 0 Å². The van der Waals surface area contributed by atoms with E-state index in [-0.39, 0.29) is 30.9 Å². The Kier molecular flexibility index (Phi) is 11.4. The molecule has 1 aromatic carbocycles. The predicted octanol–water partition coefficient (Wildman–Crippen LogP) is 3.37. The maximum absolute atomic E-state index is 10.3. The first kappa shape index (κ1) is 24.3. The summed E-state index contributed by atoms with van der Waals surface area (Å²) in [6.45, 7) is 4.99. The summed E-state index contributed by atoms with van der Waals surface area (Å²) in [5, 5.41) is 10.3. The van der Waals surface area contributed by atoms with Crippen molar-refractivity contribution >= 4 is 30.5 Å². The lowest BCUT2D eigenvalue weighted by Crippen LogP contribution is -2.49. The van der Waals surface area contributed by atoms with Crippen LogP contribution in [0.2, 0.25) is 0 Å². The molecule has 1 aliphatic heterocycles. The third-order valence-electron chi connectivity index (χ3n) is 5.34. The average Bonchev–Trinajstić information content (AvgIpc) is 2.68. The van der Waals surface area contributed by atoms with E-state index in [0.717, 1.165) is 50.5 Å². The molecular formula is C20H34Cl2N2O3. The van der Waals surface area contributed by atoms with E-state index in [2.05, 4.69) is 21.9 Å². The van der Waals surface area contributed by atoms with Gasteiger partial charge in [0.15, 0.2) is 0 Å². The van der Waals surface area contributed by atoms with Crippen LogP contribution in [0.4, 0.5) is 5.69 Å². The van der Waals surface area contributed by atoms with Crippen LogP contribution in [0, 0.1) is 0 Å². The molecule has 0 spiro atoms. The summed E-state index contributed by atoms with van der Waals surface area (Å²) < 4.78 is 11.4. The summed E-state index contributed by atoms with van der Waals surface area (Å²) in [6.07, 6.45) is 6.16. The quantitative estimate of drug-likeness (QED) is 0.732. The van der Waals surface area contributed by atoms with Crippen LogP contribution >= 0.6 is 24.8 Å². The number of aliphatic hydroxyl groups excluding tert-OH is 1. The van der Waals surface area contributed by atoms with Crippen LogP contribution < -0.4 is 9.64 Å². The molecule has 1 aliphatic carbocycles. The van der Waals surface area contributed by atoms with Gasteiger partial charge in [0.1, 0.15) is 5.75 Å². The first-order valence-electron chi connectivity index (χ1n) is 9.66. The van der Waals surface area contributed by atoms with Gasteiger partial charge >= 0.3 is 0 Å². The van der Waals surface area contributed by atoms with Gasteiger partial charge in [0.2, 0.25) is 0 Å². The monoisotopic (exact) mass is 420 g/mol. The highest BCUT2D eigenvalue weighted by Crippen LogP contribution is 2.28. The fraction of sp³-hybridized carbons (Fsp3) is 0.700. The number of halogens is 2. The van der Waals surface area contributed by atoms with Crippen molar-refractivity contribution in [2.45, 2.75) is 44.3 Å². The van der Waals surface area contributed by atoms with E-state index >= 15 is 0 Å². The van der Waals surface area contributed by atoms with Crippen molar-refractivity contribution in [2.24, 2.45) is 0 Å². The number of piperazine rings is 1. The minimum atomic E-state index is -0.389. The number of nitrogens with zero attached hydrogens (tertiary/aromatic N) is 2. The number of hydrogen-bond acceptors (Lipinski definition) is 5. The van der Waals surface area contributed by atoms with Crippen LogP contribution in [0.5, 0.6) is 5.75 Å². The molecule has 7 heteroatoms. The largest absolute Gasteiger partial charge is 0.495 e. The van der Waals surface area contributed by atoms with Gasteiger partial charge < -0.3 is 19.5 Å². The van der Waals surface area contributed by atoms with Crippen LogP contribution in [0.3, 0.4) is 0 Å². The summed E-state index contributed by atoms with van der Waals surface area (Å²) in [7, 11) is 1.72. The molecule has 1 aromatic rings. The maximum atomic E-state index is 10.3. The third kappa shape index (κ3) is 7.31. The highest BCUT2D eigenvalue weighted by molar-refractivity contribution is 5.85. The molecule has 0 bridgehead atoms. The fourth-order valence-corrected chi connectivity index (χ4v) is 3.89. The number of β-amino-alcohol motifs (C(OH)–C–C–N with tert-alkyl or cyclic N) is 1. The first-order valence-corrected chi connectivity index (χ1v) is 9.66. The number of aliphatic hydroxyl groups is 1. The van der Waals surface area contributed by atoms with Gasteiger partial charge in [0.25, 0.3) is 0 Å². The maximum Gasteiger partial charge on any atom is 0.142 e. The molecule has 1 N–H and O–H groups in total. The molecule has 156 valence electrons. The molecule has 0 amide bonds. The third-order valence-corrected chi connectivity index (χ3v) is 5.34. The molecule has 1 atom stereocenters. The fourth-order valence-electron chi connectivity index (χ4n) is 3.89. The molecule has 5 nitrogen and oxygen atoms in total. The molecule has 1 saturated heterocycles. The van der Waals surface area contributed by atoms with Crippen LogP contribution in [-0.2, 0) is 4.74 Å². The number of rotatable bonds is 7. The summed E-state index contributed by atoms with van der Waals surface area (Å²) in [4.78, 5) is 4.70. The zero-order valence-corrected chi connectivity index (χ0v) is 17.8. The van der Waals surface area contributed by atoms with Gasteiger partial charge in [-0.3, -0.25) is 4.90 Å². The number of hydrogen-bond donors (Lipinski definition) is 1. The minimum Gasteiger partial charge on any atom is -0.495 e. The number of para-hydroxylation sites is 2. The molecule has 0 aromatic heterocycles. The topological polar surface area (TPSA) is 45.2 Å². The van der Waals surface area contributed by atoms with E-state index < -0.39 is 0 Å². The van der Waals surface area contributed by atoms with E-state index in [4.69, 9.17) is 9.47 Å². The van der Waals surface area contributed by atoms with Crippen LogP contribution in [0.25, 0.3) is 0 Å². The molecule has 1 heterocycles. The van der Waals surface area contributed by atoms with E-state index in [1.54, 1.807) is 7.11 Å². The van der Waals surface area contributed by atoms with E-state index in [9.17, 15) is 5.11 Å². The van der Waals surface area contributed by atoms with Crippen molar-refractivity contribution in [3.8, 4) is 5.75 Å². The van der Waals surface area contributed by atoms with Crippen molar-refractivity contribution < 1.29 is 14.6 Å². The normalized spacial score (nSPS) is 19.7. The van der Waals surface area contributed by atoms with Gasteiger partial charge in [0, 0.05) is 32.7 Å². The molecule has 2 fully saturated rings. The smallest absolute Gasteiger partial charge is 0.142 e. The standard InChI is InChI=1S/C20H32N2O3.2ClH/c1-24-20-10-6-5-9-19(20)22-13-11-21(12-14-22)15-17(23)16-25-18-7-3-2-4-8-18;;/h5-6,9-10,17-18,23H,2-4,7-8,11-16H2,1H3;2*1H. The molecule has 1 unspecified atom stereocenters. The Morgan fingerprint density at radius 2 is 1.70 bits per heavy atom. The lowest BCUT2D eigenvalue weighted by atomic mass is 9.98. The van der Waals surface area contributed by atoms with Gasteiger partial charge in [-0.05, 0) is 25.0 Å². The van der Waals surface area contributed by atoms with E-state index in [0.29, 0.717) is 19.3 Å². The Bertz CT molecular complexity index is 522. The lowest BCUT2D eigenvalue weighted by molar-refractivity contribution is -0.0336. The number of methoxy groups -OCH3 is 1. The Labute approximate surface area is 175 Å². The van der Waals surface area contributed by atoms with Gasteiger partial charge in [-0.15, -0.1) is 24.8 Å². The summed E-state index contributed by atoms with van der Waals surface area (Å²) in [5.41, 5.74) is 1.16. The first-order chi connectivity index (χ1) is 12.3. The summed E-state index contributed by atoms with van der Waals surface area (Å²) in [6, 6.07) is 8.17. The molecule has 2 aliphatic rings. The van der Waals surface area contributed by atoms with Crippen molar-refractivity contribution in [3.05, 3.63) is 24.3 Å². The second-order valence-corrected chi connectivity index (χ2v) is 7.21. The second-order valence-electron chi connectivity index (χ2n) is 7.21. The highest BCUT2D eigenvalue weighted by atomic mass is 35.5. The van der Waals surface area contributed by atoms with E-state index in [1.807, 2.05) is 12.1 Å². The van der Waals surface area contributed by atoms with Gasteiger partial charge in [0.05, 0.1) is 31.6 Å².